The van der Waals surface area contributed by atoms with Crippen molar-refractivity contribution in [2.45, 2.75) is 31.1 Å². The molecular weight excluding hydrogens is 436 g/mol. The predicted molar refractivity (Wildman–Crippen MR) is 117 cm³/mol. The molecule has 1 amide bonds. The molecule has 1 heterocycles. The van der Waals surface area contributed by atoms with Gasteiger partial charge in [0.15, 0.2) is 17.3 Å². The number of allylic oxidation sites excluding steroid dienone is 2. The molecule has 0 saturated heterocycles. The van der Waals surface area contributed by atoms with E-state index in [0.717, 1.165) is 5.56 Å². The molecule has 0 radical (unpaired) electrons. The maximum absolute atomic E-state index is 13.2. The van der Waals surface area contributed by atoms with Crippen molar-refractivity contribution in [1.29, 1.82) is 0 Å². The Bertz CT molecular complexity index is 1160. The highest BCUT2D eigenvalue weighted by atomic mass is 35.5. The van der Waals surface area contributed by atoms with Gasteiger partial charge in [-0.1, -0.05) is 23.7 Å². The first-order valence-electron chi connectivity index (χ1n) is 10.0. The molecule has 2 aliphatic rings. The van der Waals surface area contributed by atoms with Crippen molar-refractivity contribution in [3.05, 3.63) is 73.9 Å². The van der Waals surface area contributed by atoms with E-state index in [1.165, 1.54) is 12.1 Å². The topological polar surface area (TPSA) is 108 Å². The van der Waals surface area contributed by atoms with Gasteiger partial charge in [-0.2, -0.15) is 0 Å². The average molecular weight is 457 g/mol. The van der Waals surface area contributed by atoms with E-state index < -0.39 is 10.8 Å². The smallest absolute Gasteiger partial charge is 0.288 e. The summed E-state index contributed by atoms with van der Waals surface area (Å²) in [7, 11) is 3.10. The van der Waals surface area contributed by atoms with Crippen LogP contribution in [0.4, 0.5) is 5.69 Å². The number of methoxy groups -OCH3 is 2. The van der Waals surface area contributed by atoms with E-state index in [1.807, 2.05) is 12.1 Å². The second kappa shape index (κ2) is 8.63. The number of ketones is 1. The molecular formula is C23H21ClN2O6. The minimum absolute atomic E-state index is 0.0108. The number of hydrogen-bond donors (Lipinski definition) is 1. The van der Waals surface area contributed by atoms with Gasteiger partial charge in [-0.3, -0.25) is 19.7 Å². The van der Waals surface area contributed by atoms with Gasteiger partial charge in [-0.25, -0.2) is 0 Å². The number of nitro groups is 1. The van der Waals surface area contributed by atoms with E-state index in [0.29, 0.717) is 34.8 Å². The molecule has 1 aliphatic carbocycles. The lowest BCUT2D eigenvalue weighted by Crippen LogP contribution is -2.38. The lowest BCUT2D eigenvalue weighted by Gasteiger charge is -2.34. The first-order chi connectivity index (χ1) is 15.3. The van der Waals surface area contributed by atoms with Crippen LogP contribution in [-0.4, -0.2) is 30.8 Å². The van der Waals surface area contributed by atoms with Crippen molar-refractivity contribution in [1.82, 2.24) is 5.32 Å². The number of hydrogen-bond acceptors (Lipinski definition) is 6. The number of Topliss-reactive ketones (excluding diaryl/α,β-unsaturated/α-hetero) is 1. The van der Waals surface area contributed by atoms with Crippen LogP contribution < -0.4 is 14.8 Å². The third-order valence-corrected chi connectivity index (χ3v) is 6.30. The highest BCUT2D eigenvalue weighted by molar-refractivity contribution is 6.32. The number of ether oxygens (including phenoxy) is 2. The lowest BCUT2D eigenvalue weighted by atomic mass is 9.73. The monoisotopic (exact) mass is 456 g/mol. The molecule has 166 valence electrons. The molecule has 1 aliphatic heterocycles. The van der Waals surface area contributed by atoms with Crippen LogP contribution in [0.2, 0.25) is 5.02 Å². The van der Waals surface area contributed by atoms with Crippen LogP contribution in [0.15, 0.2) is 47.7 Å². The van der Waals surface area contributed by atoms with Gasteiger partial charge < -0.3 is 14.8 Å². The lowest BCUT2D eigenvalue weighted by molar-refractivity contribution is -0.384. The third-order valence-electron chi connectivity index (χ3n) is 5.98. The molecule has 0 spiro atoms. The number of nitrogens with one attached hydrogen (secondary N) is 1. The largest absolute Gasteiger partial charge is 0.493 e. The Kier molecular flexibility index (Phi) is 5.88. The van der Waals surface area contributed by atoms with Gasteiger partial charge in [0.05, 0.1) is 19.1 Å². The summed E-state index contributed by atoms with van der Waals surface area (Å²) in [6.45, 7) is 0. The number of nitro benzene ring substituents is 1. The van der Waals surface area contributed by atoms with Crippen molar-refractivity contribution in [3.8, 4) is 11.5 Å². The summed E-state index contributed by atoms with van der Waals surface area (Å²) in [4.78, 5) is 36.4. The Labute approximate surface area is 189 Å². The van der Waals surface area contributed by atoms with E-state index in [9.17, 15) is 19.7 Å². The van der Waals surface area contributed by atoms with Gasteiger partial charge >= 0.3 is 0 Å². The van der Waals surface area contributed by atoms with Gasteiger partial charge in [0.1, 0.15) is 5.02 Å². The van der Waals surface area contributed by atoms with Gasteiger partial charge in [-0.05, 0) is 41.7 Å². The molecule has 0 bridgehead atoms. The number of rotatable bonds is 5. The molecule has 4 rings (SSSR count). The molecule has 2 aromatic rings. The summed E-state index contributed by atoms with van der Waals surface area (Å²) in [5, 5.41) is 14.2. The molecule has 32 heavy (non-hydrogen) atoms. The first-order valence-corrected chi connectivity index (χ1v) is 10.4. The summed E-state index contributed by atoms with van der Waals surface area (Å²) in [6.07, 6.45) is 0.773. The number of nitrogens with zero attached hydrogens (tertiary/aromatic N) is 1. The molecule has 2 atom stereocenters. The molecule has 0 saturated carbocycles. The Hall–Kier alpha value is -3.39. The third kappa shape index (κ3) is 3.93. The van der Waals surface area contributed by atoms with Crippen LogP contribution in [0, 0.1) is 10.1 Å². The minimum Gasteiger partial charge on any atom is -0.493 e. The van der Waals surface area contributed by atoms with Crippen LogP contribution in [-0.2, 0) is 9.59 Å². The zero-order chi connectivity index (χ0) is 23.0. The summed E-state index contributed by atoms with van der Waals surface area (Å²) in [6, 6.07) is 9.93. The van der Waals surface area contributed by atoms with Crippen LogP contribution in [0.3, 0.4) is 0 Å². The van der Waals surface area contributed by atoms with Crippen molar-refractivity contribution in [2.24, 2.45) is 0 Å². The van der Waals surface area contributed by atoms with Crippen LogP contribution in [0.5, 0.6) is 11.5 Å². The summed E-state index contributed by atoms with van der Waals surface area (Å²) in [5.74, 6) is 0.152. The molecule has 1 N–H and O–H groups in total. The number of carbonyl (C=O) groups is 2. The first kappa shape index (κ1) is 21.8. The predicted octanol–water partition coefficient (Wildman–Crippen LogP) is 4.27. The summed E-state index contributed by atoms with van der Waals surface area (Å²) < 4.78 is 10.7. The molecule has 2 unspecified atom stereocenters. The number of halogens is 1. The van der Waals surface area contributed by atoms with Gasteiger partial charge in [0, 0.05) is 36.1 Å². The number of carbonyl (C=O) groups excluding carboxylic acids is 2. The van der Waals surface area contributed by atoms with Crippen LogP contribution >= 0.6 is 11.6 Å². The zero-order valence-electron chi connectivity index (χ0n) is 17.5. The van der Waals surface area contributed by atoms with E-state index in [2.05, 4.69) is 5.32 Å². The standard InChI is InChI=1S/C23H21ClN2O6/c1-31-20-6-4-12(10-21(20)32-2)14-7-17-23(19(27)9-14)15(11-22(28)25-17)13-3-5-16(24)18(8-13)26(29)30/h3-6,8,10,14-15H,7,9,11H2,1-2H3,(H,25,28). The maximum Gasteiger partial charge on any atom is 0.288 e. The molecule has 0 aromatic heterocycles. The van der Waals surface area contributed by atoms with Crippen molar-refractivity contribution >= 4 is 29.0 Å². The Balaban J connectivity index is 1.71. The van der Waals surface area contributed by atoms with E-state index in [4.69, 9.17) is 21.1 Å². The van der Waals surface area contributed by atoms with Crippen molar-refractivity contribution in [2.75, 3.05) is 14.2 Å². The van der Waals surface area contributed by atoms with Gasteiger partial charge in [-0.15, -0.1) is 0 Å². The Morgan fingerprint density at radius 2 is 1.72 bits per heavy atom. The molecule has 0 fully saturated rings. The fourth-order valence-corrected chi connectivity index (χ4v) is 4.66. The van der Waals surface area contributed by atoms with Crippen molar-refractivity contribution in [3.63, 3.8) is 0 Å². The SMILES string of the molecule is COc1ccc(C2CC(=O)C3=C(C2)NC(=O)CC3c2ccc(Cl)c([N+](=O)[O-])c2)cc1OC. The van der Waals surface area contributed by atoms with E-state index >= 15 is 0 Å². The Morgan fingerprint density at radius 1 is 1.00 bits per heavy atom. The second-order valence-corrected chi connectivity index (χ2v) is 8.22. The normalized spacial score (nSPS) is 20.5. The van der Waals surface area contributed by atoms with E-state index in [-0.39, 0.29) is 41.2 Å². The second-order valence-electron chi connectivity index (χ2n) is 7.81. The Morgan fingerprint density at radius 3 is 2.41 bits per heavy atom. The summed E-state index contributed by atoms with van der Waals surface area (Å²) in [5.41, 5.74) is 2.27. The fourth-order valence-electron chi connectivity index (χ4n) is 4.47. The highest BCUT2D eigenvalue weighted by Gasteiger charge is 2.39. The molecule has 2 aromatic carbocycles. The number of benzene rings is 2. The average Bonchev–Trinajstić information content (AvgIpc) is 2.77. The van der Waals surface area contributed by atoms with Gasteiger partial charge in [0.2, 0.25) is 5.91 Å². The fraction of sp³-hybridized carbons (Fsp3) is 0.304. The summed E-state index contributed by atoms with van der Waals surface area (Å²) >= 11 is 5.94. The van der Waals surface area contributed by atoms with Crippen LogP contribution in [0.25, 0.3) is 0 Å². The highest BCUT2D eigenvalue weighted by Crippen LogP contribution is 2.44. The number of amides is 1. The van der Waals surface area contributed by atoms with Gasteiger partial charge in [0.25, 0.3) is 5.69 Å². The zero-order valence-corrected chi connectivity index (χ0v) is 18.3. The maximum atomic E-state index is 13.2. The molecule has 8 nitrogen and oxygen atoms in total. The quantitative estimate of drug-likeness (QED) is 0.531. The molecule has 9 heteroatoms. The van der Waals surface area contributed by atoms with Crippen LogP contribution in [0.1, 0.15) is 42.2 Å². The van der Waals surface area contributed by atoms with E-state index in [1.54, 1.807) is 26.4 Å². The minimum atomic E-state index is -0.570. The van der Waals surface area contributed by atoms with Crippen molar-refractivity contribution < 1.29 is 24.0 Å².